The van der Waals surface area contributed by atoms with Crippen molar-refractivity contribution in [3.8, 4) is 0 Å². The molecule has 1 aliphatic carbocycles. The van der Waals surface area contributed by atoms with E-state index >= 15 is 0 Å². The molecule has 0 saturated heterocycles. The Bertz CT molecular complexity index is 421. The van der Waals surface area contributed by atoms with Crippen LogP contribution < -0.4 is 0 Å². The molecule has 0 N–H and O–H groups in total. The smallest absolute Gasteiger partial charge is 0.167 e. The summed E-state index contributed by atoms with van der Waals surface area (Å²) >= 11 is 3.51. The van der Waals surface area contributed by atoms with Gasteiger partial charge in [-0.25, -0.2) is 0 Å². The maximum atomic E-state index is 11.9. The third-order valence-corrected chi connectivity index (χ3v) is 3.71. The third-order valence-electron chi connectivity index (χ3n) is 3.08. The Labute approximate surface area is 99.0 Å². The molecule has 1 nitrogen and oxygen atoms in total. The van der Waals surface area contributed by atoms with Gasteiger partial charge in [0, 0.05) is 16.0 Å². The van der Waals surface area contributed by atoms with Gasteiger partial charge in [0.05, 0.1) is 0 Å². The van der Waals surface area contributed by atoms with E-state index in [2.05, 4.69) is 41.9 Å². The lowest BCUT2D eigenvalue weighted by atomic mass is 9.98. The fourth-order valence-corrected chi connectivity index (χ4v) is 2.84. The maximum absolute atomic E-state index is 11.9. The molecule has 0 bridgehead atoms. The number of carbonyl (C=O) groups excluding carboxylic acids is 1. The van der Waals surface area contributed by atoms with Crippen LogP contribution in [0.4, 0.5) is 0 Å². The molecular weight excluding hydrogens is 252 g/mol. The van der Waals surface area contributed by atoms with Crippen LogP contribution in [0.3, 0.4) is 0 Å². The first-order valence-corrected chi connectivity index (χ1v) is 6.16. The van der Waals surface area contributed by atoms with Gasteiger partial charge < -0.3 is 0 Å². The lowest BCUT2D eigenvalue weighted by molar-refractivity contribution is 0.0945. The summed E-state index contributed by atoms with van der Waals surface area (Å²) in [4.78, 5) is 11.9. The number of halogens is 1. The minimum absolute atomic E-state index is 0.152. The second-order valence-electron chi connectivity index (χ2n) is 4.66. The summed E-state index contributed by atoms with van der Waals surface area (Å²) in [7, 11) is 0. The number of rotatable bonds is 1. The van der Waals surface area contributed by atoms with Gasteiger partial charge in [0.15, 0.2) is 5.78 Å². The van der Waals surface area contributed by atoms with E-state index in [1.165, 1.54) is 11.1 Å². The topological polar surface area (TPSA) is 17.1 Å². The fourth-order valence-electron chi connectivity index (χ4n) is 2.13. The van der Waals surface area contributed by atoms with E-state index in [1.807, 2.05) is 6.92 Å². The summed E-state index contributed by atoms with van der Waals surface area (Å²) < 4.78 is 0.970. The molecule has 0 amide bonds. The van der Waals surface area contributed by atoms with Crippen molar-refractivity contribution in [3.63, 3.8) is 0 Å². The van der Waals surface area contributed by atoms with Crippen molar-refractivity contribution in [2.75, 3.05) is 0 Å². The Hall–Kier alpha value is -0.630. The average Bonchev–Trinajstić information content (AvgIpc) is 2.42. The minimum Gasteiger partial charge on any atom is -0.294 e. The number of fused-ring (bicyclic) bond motifs is 1. The second-order valence-corrected chi connectivity index (χ2v) is 5.52. The van der Waals surface area contributed by atoms with E-state index < -0.39 is 0 Å². The first-order chi connectivity index (χ1) is 7.00. The number of benzene rings is 1. The van der Waals surface area contributed by atoms with E-state index in [1.54, 1.807) is 0 Å². The molecule has 80 valence electrons. The summed E-state index contributed by atoms with van der Waals surface area (Å²) in [5.41, 5.74) is 3.43. The van der Waals surface area contributed by atoms with Gasteiger partial charge in [-0.2, -0.15) is 0 Å². The van der Waals surface area contributed by atoms with Gasteiger partial charge in [-0.3, -0.25) is 4.79 Å². The molecule has 1 aliphatic rings. The van der Waals surface area contributed by atoms with Gasteiger partial charge in [0.1, 0.15) is 0 Å². The van der Waals surface area contributed by atoms with Crippen molar-refractivity contribution in [1.29, 1.82) is 0 Å². The predicted octanol–water partition coefficient (Wildman–Crippen LogP) is 3.95. The zero-order chi connectivity index (χ0) is 11.2. The molecule has 1 aromatic rings. The Morgan fingerprint density at radius 1 is 1.40 bits per heavy atom. The standard InChI is InChI=1S/C13H15BrO/c1-7(2)9-5-10-4-8(3)13(15)12(10)11(14)6-9/h5-8H,4H2,1-3H3. The maximum Gasteiger partial charge on any atom is 0.167 e. The zero-order valence-corrected chi connectivity index (χ0v) is 10.9. The third kappa shape index (κ3) is 1.76. The van der Waals surface area contributed by atoms with Crippen molar-refractivity contribution < 1.29 is 4.79 Å². The van der Waals surface area contributed by atoms with E-state index in [4.69, 9.17) is 0 Å². The van der Waals surface area contributed by atoms with Crippen LogP contribution in [-0.2, 0) is 6.42 Å². The van der Waals surface area contributed by atoms with Gasteiger partial charge in [-0.1, -0.05) is 42.8 Å². The molecule has 1 atom stereocenters. The number of hydrogen-bond acceptors (Lipinski definition) is 1. The molecular formula is C13H15BrO. The largest absolute Gasteiger partial charge is 0.294 e. The van der Waals surface area contributed by atoms with Crippen LogP contribution in [0.15, 0.2) is 16.6 Å². The summed E-state index contributed by atoms with van der Waals surface area (Å²) in [5.74, 6) is 0.948. The Morgan fingerprint density at radius 2 is 2.07 bits per heavy atom. The summed E-state index contributed by atoms with van der Waals surface area (Å²) in [6.07, 6.45) is 0.896. The SMILES string of the molecule is CC1Cc2cc(C(C)C)cc(Br)c2C1=O. The Morgan fingerprint density at radius 3 is 2.67 bits per heavy atom. The first kappa shape index (κ1) is 10.9. The Balaban J connectivity index is 2.56. The Kier molecular flexibility index (Phi) is 2.72. The molecule has 1 aromatic carbocycles. The highest BCUT2D eigenvalue weighted by atomic mass is 79.9. The van der Waals surface area contributed by atoms with Crippen LogP contribution in [0, 0.1) is 5.92 Å². The lowest BCUT2D eigenvalue weighted by Crippen LogP contribution is -2.03. The van der Waals surface area contributed by atoms with Crippen LogP contribution in [0.1, 0.15) is 48.2 Å². The van der Waals surface area contributed by atoms with Crippen LogP contribution in [-0.4, -0.2) is 5.78 Å². The summed E-state index contributed by atoms with van der Waals surface area (Å²) in [6, 6.07) is 4.27. The monoisotopic (exact) mass is 266 g/mol. The molecule has 15 heavy (non-hydrogen) atoms. The number of Topliss-reactive ketones (excluding diaryl/α,β-unsaturated/α-hetero) is 1. The number of carbonyl (C=O) groups is 1. The highest BCUT2D eigenvalue weighted by Crippen LogP contribution is 2.35. The van der Waals surface area contributed by atoms with Crippen molar-refractivity contribution >= 4 is 21.7 Å². The van der Waals surface area contributed by atoms with E-state index in [0.717, 1.165) is 16.5 Å². The molecule has 0 heterocycles. The molecule has 1 unspecified atom stereocenters. The van der Waals surface area contributed by atoms with Crippen molar-refractivity contribution in [1.82, 2.24) is 0 Å². The normalized spacial score (nSPS) is 19.8. The molecule has 2 rings (SSSR count). The van der Waals surface area contributed by atoms with Gasteiger partial charge in [-0.05, 0) is 29.5 Å². The molecule has 0 fully saturated rings. The molecule has 0 aliphatic heterocycles. The van der Waals surface area contributed by atoms with Crippen LogP contribution in [0.2, 0.25) is 0 Å². The van der Waals surface area contributed by atoms with Crippen molar-refractivity contribution in [3.05, 3.63) is 33.3 Å². The number of hydrogen-bond donors (Lipinski definition) is 0. The summed E-state index contributed by atoms with van der Waals surface area (Å²) in [5, 5.41) is 0. The molecule has 2 heteroatoms. The van der Waals surface area contributed by atoms with Gasteiger partial charge in [0.2, 0.25) is 0 Å². The summed E-state index contributed by atoms with van der Waals surface area (Å²) in [6.45, 7) is 6.35. The van der Waals surface area contributed by atoms with Gasteiger partial charge >= 0.3 is 0 Å². The molecule has 0 saturated carbocycles. The second kappa shape index (κ2) is 3.75. The average molecular weight is 267 g/mol. The fraction of sp³-hybridized carbons (Fsp3) is 0.462. The number of ketones is 1. The molecule has 0 aromatic heterocycles. The quantitative estimate of drug-likeness (QED) is 0.753. The molecule has 0 radical (unpaired) electrons. The van der Waals surface area contributed by atoms with Crippen LogP contribution in [0.5, 0.6) is 0 Å². The molecule has 0 spiro atoms. The van der Waals surface area contributed by atoms with Gasteiger partial charge in [-0.15, -0.1) is 0 Å². The lowest BCUT2D eigenvalue weighted by Gasteiger charge is -2.09. The minimum atomic E-state index is 0.152. The van der Waals surface area contributed by atoms with E-state index in [-0.39, 0.29) is 11.7 Å². The first-order valence-electron chi connectivity index (χ1n) is 5.37. The van der Waals surface area contributed by atoms with E-state index in [9.17, 15) is 4.79 Å². The van der Waals surface area contributed by atoms with E-state index in [0.29, 0.717) is 5.92 Å². The highest BCUT2D eigenvalue weighted by molar-refractivity contribution is 9.10. The van der Waals surface area contributed by atoms with Crippen molar-refractivity contribution in [2.24, 2.45) is 5.92 Å². The predicted molar refractivity (Wildman–Crippen MR) is 65.4 cm³/mol. The highest BCUT2D eigenvalue weighted by Gasteiger charge is 2.29. The van der Waals surface area contributed by atoms with Crippen LogP contribution >= 0.6 is 15.9 Å². The van der Waals surface area contributed by atoms with Crippen LogP contribution in [0.25, 0.3) is 0 Å². The van der Waals surface area contributed by atoms with Crippen molar-refractivity contribution in [2.45, 2.75) is 33.1 Å². The van der Waals surface area contributed by atoms with Gasteiger partial charge in [0.25, 0.3) is 0 Å². The zero-order valence-electron chi connectivity index (χ0n) is 9.30.